The lowest BCUT2D eigenvalue weighted by Crippen LogP contribution is -2.16. The molecule has 0 atom stereocenters. The van der Waals surface area contributed by atoms with Crippen LogP contribution in [0, 0.1) is 6.92 Å². The second kappa shape index (κ2) is 8.30. The molecule has 8 heteroatoms. The number of nitrogens with zero attached hydrogens (tertiary/aromatic N) is 3. The number of rotatable bonds is 6. The van der Waals surface area contributed by atoms with Crippen molar-refractivity contribution in [3.63, 3.8) is 0 Å². The number of aliphatic carboxylic acids is 1. The molecule has 4 rings (SSSR count). The highest BCUT2D eigenvalue weighted by Gasteiger charge is 2.16. The molecule has 0 bridgehead atoms. The minimum atomic E-state index is -1.04. The zero-order valence-electron chi connectivity index (χ0n) is 16.0. The number of aryl methyl sites for hydroxylation is 1. The summed E-state index contributed by atoms with van der Waals surface area (Å²) >= 11 is 1.49. The summed E-state index contributed by atoms with van der Waals surface area (Å²) < 4.78 is 6.32. The van der Waals surface area contributed by atoms with Crippen LogP contribution in [0.25, 0.3) is 21.3 Å². The lowest BCUT2D eigenvalue weighted by atomic mass is 10.0. The molecule has 0 fully saturated rings. The lowest BCUT2D eigenvalue weighted by molar-refractivity contribution is -0.139. The Morgan fingerprint density at radius 2 is 1.93 bits per heavy atom. The van der Waals surface area contributed by atoms with Gasteiger partial charge in [-0.15, -0.1) is 11.3 Å². The molecule has 7 nitrogen and oxygen atoms in total. The Morgan fingerprint density at radius 1 is 1.20 bits per heavy atom. The van der Waals surface area contributed by atoms with E-state index in [9.17, 15) is 9.59 Å². The SMILES string of the molecule is Cc1sc2ncn(N=Cc3ccc(OCC(=O)O)cc3)c(=O)c2c1-c1ccccc1. The van der Waals surface area contributed by atoms with E-state index in [2.05, 4.69) is 10.1 Å². The number of carboxylic acid groups (broad SMARTS) is 1. The third-order valence-corrected chi connectivity index (χ3v) is 5.42. The van der Waals surface area contributed by atoms with Crippen LogP contribution in [0.4, 0.5) is 0 Å². The van der Waals surface area contributed by atoms with Crippen molar-refractivity contribution in [1.82, 2.24) is 9.66 Å². The number of ether oxygens (including phenoxy) is 1. The van der Waals surface area contributed by atoms with Crippen molar-refractivity contribution in [2.45, 2.75) is 6.92 Å². The molecule has 0 amide bonds. The van der Waals surface area contributed by atoms with Crippen molar-refractivity contribution >= 4 is 33.7 Å². The van der Waals surface area contributed by atoms with Gasteiger partial charge in [-0.1, -0.05) is 30.3 Å². The molecule has 150 valence electrons. The Morgan fingerprint density at radius 3 is 2.63 bits per heavy atom. The number of hydrogen-bond acceptors (Lipinski definition) is 6. The van der Waals surface area contributed by atoms with Crippen LogP contribution in [0.1, 0.15) is 10.4 Å². The first-order chi connectivity index (χ1) is 14.5. The first-order valence-corrected chi connectivity index (χ1v) is 9.90. The minimum absolute atomic E-state index is 0.235. The molecule has 30 heavy (non-hydrogen) atoms. The van der Waals surface area contributed by atoms with Gasteiger partial charge in [-0.25, -0.2) is 9.78 Å². The first-order valence-electron chi connectivity index (χ1n) is 9.08. The molecule has 2 heterocycles. The highest BCUT2D eigenvalue weighted by molar-refractivity contribution is 7.19. The third-order valence-electron chi connectivity index (χ3n) is 4.41. The lowest BCUT2D eigenvalue weighted by Gasteiger charge is -2.03. The normalized spacial score (nSPS) is 11.2. The fourth-order valence-electron chi connectivity index (χ4n) is 3.05. The highest BCUT2D eigenvalue weighted by atomic mass is 32.1. The van der Waals surface area contributed by atoms with Gasteiger partial charge in [0.1, 0.15) is 16.9 Å². The summed E-state index contributed by atoms with van der Waals surface area (Å²) in [4.78, 5) is 29.8. The number of hydrogen-bond donors (Lipinski definition) is 1. The van der Waals surface area contributed by atoms with Crippen molar-refractivity contribution < 1.29 is 14.6 Å². The minimum Gasteiger partial charge on any atom is -0.482 e. The summed E-state index contributed by atoms with van der Waals surface area (Å²) in [5.41, 5.74) is 2.35. The van der Waals surface area contributed by atoms with E-state index < -0.39 is 12.6 Å². The van der Waals surface area contributed by atoms with Gasteiger partial charge >= 0.3 is 5.97 Å². The topological polar surface area (TPSA) is 93.8 Å². The van der Waals surface area contributed by atoms with Gasteiger partial charge in [-0.3, -0.25) is 4.79 Å². The van der Waals surface area contributed by atoms with Gasteiger partial charge in [0, 0.05) is 10.4 Å². The van der Waals surface area contributed by atoms with E-state index >= 15 is 0 Å². The number of carboxylic acids is 1. The van der Waals surface area contributed by atoms with Crippen LogP contribution in [0.3, 0.4) is 0 Å². The summed E-state index contributed by atoms with van der Waals surface area (Å²) in [7, 11) is 0. The van der Waals surface area contributed by atoms with Crippen LogP contribution in [0.5, 0.6) is 5.75 Å². The Labute approximate surface area is 175 Å². The second-order valence-electron chi connectivity index (χ2n) is 6.47. The van der Waals surface area contributed by atoms with Crippen LogP contribution in [-0.4, -0.2) is 33.6 Å². The maximum atomic E-state index is 13.1. The number of fused-ring (bicyclic) bond motifs is 1. The van der Waals surface area contributed by atoms with Gasteiger partial charge in [0.15, 0.2) is 6.61 Å². The van der Waals surface area contributed by atoms with Gasteiger partial charge in [-0.05, 0) is 42.3 Å². The fourth-order valence-corrected chi connectivity index (χ4v) is 4.06. The quantitative estimate of drug-likeness (QED) is 0.480. The molecule has 0 unspecified atom stereocenters. The van der Waals surface area contributed by atoms with Gasteiger partial charge in [0.2, 0.25) is 0 Å². The van der Waals surface area contributed by atoms with Crippen LogP contribution in [0.15, 0.2) is 70.8 Å². The van der Waals surface area contributed by atoms with Gasteiger partial charge < -0.3 is 9.84 Å². The average Bonchev–Trinajstić information content (AvgIpc) is 3.10. The Bertz CT molecular complexity index is 1290. The number of thiophene rings is 1. The van der Waals surface area contributed by atoms with Gasteiger partial charge in [-0.2, -0.15) is 9.78 Å². The van der Waals surface area contributed by atoms with Crippen molar-refractivity contribution in [2.75, 3.05) is 6.61 Å². The highest BCUT2D eigenvalue weighted by Crippen LogP contribution is 2.35. The molecule has 2 aromatic carbocycles. The van der Waals surface area contributed by atoms with E-state index in [-0.39, 0.29) is 5.56 Å². The Hall–Kier alpha value is -3.78. The number of aromatic nitrogens is 2. The zero-order chi connectivity index (χ0) is 21.1. The van der Waals surface area contributed by atoms with Crippen LogP contribution in [-0.2, 0) is 4.79 Å². The molecule has 0 saturated carbocycles. The van der Waals surface area contributed by atoms with E-state index in [4.69, 9.17) is 9.84 Å². The standard InChI is InChI=1S/C22H17N3O4S/c1-14-19(16-5-3-2-4-6-16)20-21(30-14)23-13-25(22(20)28)24-11-15-7-9-17(10-8-15)29-12-18(26)27/h2-11,13H,12H2,1H3,(H,26,27). The van der Waals surface area contributed by atoms with Crippen molar-refractivity contribution in [3.8, 4) is 16.9 Å². The van der Waals surface area contributed by atoms with E-state index in [0.717, 1.165) is 21.6 Å². The smallest absolute Gasteiger partial charge is 0.341 e. The second-order valence-corrected chi connectivity index (χ2v) is 7.67. The molecule has 0 aliphatic rings. The first kappa shape index (κ1) is 19.5. The van der Waals surface area contributed by atoms with Crippen molar-refractivity contribution in [2.24, 2.45) is 5.10 Å². The number of benzene rings is 2. The molecule has 1 N–H and O–H groups in total. The Kier molecular flexibility index (Phi) is 5.40. The van der Waals surface area contributed by atoms with Gasteiger partial charge in [0.05, 0.1) is 11.6 Å². The fraction of sp³-hybridized carbons (Fsp3) is 0.0909. The third kappa shape index (κ3) is 3.99. The van der Waals surface area contributed by atoms with E-state index in [1.807, 2.05) is 37.3 Å². The summed E-state index contributed by atoms with van der Waals surface area (Å²) in [6, 6.07) is 16.5. The molecular formula is C22H17N3O4S. The predicted molar refractivity (Wildman–Crippen MR) is 117 cm³/mol. The van der Waals surface area contributed by atoms with Crippen molar-refractivity contribution in [1.29, 1.82) is 0 Å². The summed E-state index contributed by atoms with van der Waals surface area (Å²) in [5.74, 6) is -0.600. The molecule has 0 radical (unpaired) electrons. The average molecular weight is 419 g/mol. The molecule has 0 aliphatic carbocycles. The van der Waals surface area contributed by atoms with Crippen LogP contribution < -0.4 is 10.3 Å². The molecular weight excluding hydrogens is 402 g/mol. The Balaban J connectivity index is 1.66. The number of carbonyl (C=O) groups is 1. The molecule has 0 spiro atoms. The molecule has 0 aliphatic heterocycles. The maximum Gasteiger partial charge on any atom is 0.341 e. The summed E-state index contributed by atoms with van der Waals surface area (Å²) in [5, 5.41) is 13.5. The van der Waals surface area contributed by atoms with E-state index in [1.165, 1.54) is 28.6 Å². The van der Waals surface area contributed by atoms with E-state index in [0.29, 0.717) is 16.0 Å². The van der Waals surface area contributed by atoms with Crippen LogP contribution in [0.2, 0.25) is 0 Å². The van der Waals surface area contributed by atoms with Crippen LogP contribution >= 0.6 is 11.3 Å². The molecule has 0 saturated heterocycles. The van der Waals surface area contributed by atoms with Crippen molar-refractivity contribution in [3.05, 3.63) is 81.7 Å². The molecule has 2 aromatic heterocycles. The van der Waals surface area contributed by atoms with Gasteiger partial charge in [0.25, 0.3) is 5.56 Å². The predicted octanol–water partition coefficient (Wildman–Crippen LogP) is 3.78. The van der Waals surface area contributed by atoms with E-state index in [1.54, 1.807) is 24.3 Å². The summed E-state index contributed by atoms with van der Waals surface area (Å²) in [6.07, 6.45) is 2.95. The summed E-state index contributed by atoms with van der Waals surface area (Å²) in [6.45, 7) is 1.58. The largest absolute Gasteiger partial charge is 0.482 e. The monoisotopic (exact) mass is 419 g/mol. The maximum absolute atomic E-state index is 13.1. The zero-order valence-corrected chi connectivity index (χ0v) is 16.8. The molecule has 4 aromatic rings.